The summed E-state index contributed by atoms with van der Waals surface area (Å²) in [5.41, 5.74) is 5.62. The molecule has 2 rings (SSSR count). The van der Waals surface area contributed by atoms with Gasteiger partial charge in [0.15, 0.2) is 0 Å². The minimum absolute atomic E-state index is 0.124. The van der Waals surface area contributed by atoms with Crippen molar-refractivity contribution in [1.29, 1.82) is 0 Å². The first-order chi connectivity index (χ1) is 6.77. The normalized spacial score (nSPS) is 32.6. The second-order valence-electron chi connectivity index (χ2n) is 4.76. The lowest BCUT2D eigenvalue weighted by atomic mass is 9.89. The summed E-state index contributed by atoms with van der Waals surface area (Å²) in [5.74, 6) is 1.03. The molecular weight excluding hydrogens is 176 g/mol. The maximum Gasteiger partial charge on any atom is 0.224 e. The van der Waals surface area contributed by atoms with E-state index in [1.807, 2.05) is 0 Å². The first-order valence-electron chi connectivity index (χ1n) is 5.80. The summed E-state index contributed by atoms with van der Waals surface area (Å²) in [6.45, 7) is 0.877. The van der Waals surface area contributed by atoms with Gasteiger partial charge in [-0.1, -0.05) is 19.3 Å². The van der Waals surface area contributed by atoms with Gasteiger partial charge in [-0.05, 0) is 25.2 Å². The smallest absolute Gasteiger partial charge is 0.224 e. The van der Waals surface area contributed by atoms with E-state index in [0.29, 0.717) is 0 Å². The zero-order chi connectivity index (χ0) is 9.97. The van der Waals surface area contributed by atoms with Gasteiger partial charge in [0.2, 0.25) is 5.91 Å². The monoisotopic (exact) mass is 196 g/mol. The van der Waals surface area contributed by atoms with Crippen LogP contribution in [0.1, 0.15) is 38.5 Å². The number of hydrogen-bond acceptors (Lipinski definition) is 2. The Morgan fingerprint density at radius 3 is 2.50 bits per heavy atom. The molecule has 2 saturated carbocycles. The van der Waals surface area contributed by atoms with E-state index in [-0.39, 0.29) is 17.9 Å². The van der Waals surface area contributed by atoms with Crippen molar-refractivity contribution in [2.45, 2.75) is 44.6 Å². The van der Waals surface area contributed by atoms with Crippen LogP contribution in [-0.2, 0) is 4.79 Å². The van der Waals surface area contributed by atoms with Crippen LogP contribution in [0.2, 0.25) is 0 Å². The fourth-order valence-corrected chi connectivity index (χ4v) is 2.28. The molecule has 0 aliphatic heterocycles. The Balaban J connectivity index is 1.63. The third-order valence-electron chi connectivity index (χ3n) is 3.47. The molecule has 2 unspecified atom stereocenters. The molecule has 0 aromatic carbocycles. The molecule has 80 valence electrons. The molecule has 0 radical (unpaired) electrons. The second kappa shape index (κ2) is 4.30. The maximum atomic E-state index is 11.5. The molecule has 3 heteroatoms. The molecule has 0 aromatic rings. The van der Waals surface area contributed by atoms with E-state index in [1.54, 1.807) is 0 Å². The molecule has 0 bridgehead atoms. The Morgan fingerprint density at radius 2 is 1.93 bits per heavy atom. The molecule has 2 aliphatic carbocycles. The quantitative estimate of drug-likeness (QED) is 0.708. The lowest BCUT2D eigenvalue weighted by Crippen LogP contribution is -2.32. The number of carbonyl (C=O) groups is 1. The highest BCUT2D eigenvalue weighted by atomic mass is 16.2. The van der Waals surface area contributed by atoms with Crippen molar-refractivity contribution in [2.75, 3.05) is 6.54 Å². The summed E-state index contributed by atoms with van der Waals surface area (Å²) >= 11 is 0. The molecule has 14 heavy (non-hydrogen) atoms. The van der Waals surface area contributed by atoms with E-state index in [1.165, 1.54) is 32.1 Å². The molecule has 1 amide bonds. The summed E-state index contributed by atoms with van der Waals surface area (Å²) in [5, 5.41) is 3.03. The van der Waals surface area contributed by atoms with E-state index in [9.17, 15) is 4.79 Å². The number of hydrogen-bond donors (Lipinski definition) is 2. The van der Waals surface area contributed by atoms with Gasteiger partial charge < -0.3 is 11.1 Å². The van der Waals surface area contributed by atoms with Crippen LogP contribution in [0.5, 0.6) is 0 Å². The van der Waals surface area contributed by atoms with Crippen LogP contribution >= 0.6 is 0 Å². The van der Waals surface area contributed by atoms with Crippen LogP contribution in [-0.4, -0.2) is 18.5 Å². The van der Waals surface area contributed by atoms with Crippen molar-refractivity contribution in [3.63, 3.8) is 0 Å². The lowest BCUT2D eigenvalue weighted by Gasteiger charge is -2.21. The van der Waals surface area contributed by atoms with Gasteiger partial charge in [-0.15, -0.1) is 0 Å². The predicted octanol–water partition coefficient (Wildman–Crippen LogP) is 1.03. The van der Waals surface area contributed by atoms with Gasteiger partial charge >= 0.3 is 0 Å². The van der Waals surface area contributed by atoms with Crippen LogP contribution in [0, 0.1) is 11.8 Å². The summed E-state index contributed by atoms with van der Waals surface area (Å²) in [6.07, 6.45) is 7.51. The summed E-state index contributed by atoms with van der Waals surface area (Å²) in [4.78, 5) is 11.5. The first kappa shape index (κ1) is 9.97. The second-order valence-corrected chi connectivity index (χ2v) is 4.76. The third-order valence-corrected chi connectivity index (χ3v) is 3.47. The predicted molar refractivity (Wildman–Crippen MR) is 55.7 cm³/mol. The molecule has 0 aromatic heterocycles. The molecule has 0 saturated heterocycles. The molecule has 0 heterocycles. The topological polar surface area (TPSA) is 55.1 Å². The van der Waals surface area contributed by atoms with Crippen LogP contribution in [0.3, 0.4) is 0 Å². The van der Waals surface area contributed by atoms with Gasteiger partial charge in [-0.25, -0.2) is 0 Å². The summed E-state index contributed by atoms with van der Waals surface area (Å²) < 4.78 is 0. The average molecular weight is 196 g/mol. The number of amides is 1. The lowest BCUT2D eigenvalue weighted by molar-refractivity contribution is -0.122. The Morgan fingerprint density at radius 1 is 1.29 bits per heavy atom. The molecule has 2 atom stereocenters. The standard InChI is InChI=1S/C11H20N2O/c12-10-6-9(10)11(14)13-7-8-4-2-1-3-5-8/h8-10H,1-7,12H2,(H,13,14). The largest absolute Gasteiger partial charge is 0.356 e. The van der Waals surface area contributed by atoms with Gasteiger partial charge in [-0.2, -0.15) is 0 Å². The average Bonchev–Trinajstić information content (AvgIpc) is 2.94. The molecule has 0 spiro atoms. The van der Waals surface area contributed by atoms with E-state index < -0.39 is 0 Å². The van der Waals surface area contributed by atoms with E-state index in [4.69, 9.17) is 5.73 Å². The fourth-order valence-electron chi connectivity index (χ4n) is 2.28. The number of nitrogens with one attached hydrogen (secondary N) is 1. The first-order valence-corrected chi connectivity index (χ1v) is 5.80. The van der Waals surface area contributed by atoms with Crippen molar-refractivity contribution in [3.8, 4) is 0 Å². The highest BCUT2D eigenvalue weighted by Crippen LogP contribution is 2.28. The fraction of sp³-hybridized carbons (Fsp3) is 0.909. The Bertz CT molecular complexity index is 211. The van der Waals surface area contributed by atoms with Gasteiger partial charge in [-0.3, -0.25) is 4.79 Å². The SMILES string of the molecule is NC1CC1C(=O)NCC1CCCCC1. The van der Waals surface area contributed by atoms with E-state index in [2.05, 4.69) is 5.32 Å². The summed E-state index contributed by atoms with van der Waals surface area (Å²) in [7, 11) is 0. The Hall–Kier alpha value is -0.570. The molecular formula is C11H20N2O. The molecule has 3 N–H and O–H groups in total. The van der Waals surface area contributed by atoms with E-state index in [0.717, 1.165) is 18.9 Å². The molecule has 3 nitrogen and oxygen atoms in total. The minimum atomic E-state index is 0.124. The van der Waals surface area contributed by atoms with Crippen LogP contribution in [0.4, 0.5) is 0 Å². The zero-order valence-corrected chi connectivity index (χ0v) is 8.67. The number of carbonyl (C=O) groups excluding carboxylic acids is 1. The van der Waals surface area contributed by atoms with Crippen LogP contribution in [0.25, 0.3) is 0 Å². The van der Waals surface area contributed by atoms with Gasteiger partial charge in [0.05, 0.1) is 5.92 Å². The van der Waals surface area contributed by atoms with Crippen molar-refractivity contribution in [1.82, 2.24) is 5.32 Å². The Labute approximate surface area is 85.4 Å². The maximum absolute atomic E-state index is 11.5. The van der Waals surface area contributed by atoms with Gasteiger partial charge in [0, 0.05) is 12.6 Å². The highest BCUT2D eigenvalue weighted by molar-refractivity contribution is 5.82. The minimum Gasteiger partial charge on any atom is -0.356 e. The van der Waals surface area contributed by atoms with Gasteiger partial charge in [0.1, 0.15) is 0 Å². The summed E-state index contributed by atoms with van der Waals surface area (Å²) in [6, 6.07) is 0.140. The third kappa shape index (κ3) is 2.47. The van der Waals surface area contributed by atoms with Crippen molar-refractivity contribution < 1.29 is 4.79 Å². The highest BCUT2D eigenvalue weighted by Gasteiger charge is 2.39. The zero-order valence-electron chi connectivity index (χ0n) is 8.67. The molecule has 2 aliphatic rings. The van der Waals surface area contributed by atoms with Crippen LogP contribution in [0.15, 0.2) is 0 Å². The van der Waals surface area contributed by atoms with Crippen molar-refractivity contribution in [3.05, 3.63) is 0 Å². The Kier molecular flexibility index (Phi) is 3.06. The van der Waals surface area contributed by atoms with Crippen molar-refractivity contribution in [2.24, 2.45) is 17.6 Å². The van der Waals surface area contributed by atoms with Crippen molar-refractivity contribution >= 4 is 5.91 Å². The van der Waals surface area contributed by atoms with Gasteiger partial charge in [0.25, 0.3) is 0 Å². The van der Waals surface area contributed by atoms with Crippen LogP contribution < -0.4 is 11.1 Å². The van der Waals surface area contributed by atoms with E-state index >= 15 is 0 Å². The molecule has 2 fully saturated rings. The number of nitrogens with two attached hydrogens (primary N) is 1. The number of rotatable bonds is 3.